The maximum atomic E-state index is 12.2. The Labute approximate surface area is 164 Å². The van der Waals surface area contributed by atoms with Crippen molar-refractivity contribution in [2.45, 2.75) is 45.1 Å². The van der Waals surface area contributed by atoms with Crippen LogP contribution in [0.15, 0.2) is 18.2 Å². The average Bonchev–Trinajstić information content (AvgIpc) is 3.34. The third kappa shape index (κ3) is 3.02. The number of benzene rings is 1. The van der Waals surface area contributed by atoms with Gasteiger partial charge in [0.2, 0.25) is 5.88 Å². The van der Waals surface area contributed by atoms with Gasteiger partial charge in [-0.25, -0.2) is 4.79 Å². The number of likely N-dealkylation sites (tertiary alicyclic amines) is 1. The van der Waals surface area contributed by atoms with E-state index in [0.29, 0.717) is 5.92 Å². The topological polar surface area (TPSA) is 78.8 Å². The Balaban J connectivity index is 1.30. The van der Waals surface area contributed by atoms with Gasteiger partial charge in [-0.3, -0.25) is 0 Å². The van der Waals surface area contributed by atoms with Gasteiger partial charge >= 0.3 is 6.09 Å². The van der Waals surface area contributed by atoms with Crippen LogP contribution >= 0.6 is 0 Å². The van der Waals surface area contributed by atoms with E-state index in [0.717, 1.165) is 37.1 Å². The summed E-state index contributed by atoms with van der Waals surface area (Å²) in [7, 11) is 0. The van der Waals surface area contributed by atoms with Gasteiger partial charge in [-0.05, 0) is 57.2 Å². The zero-order valence-electron chi connectivity index (χ0n) is 16.6. The summed E-state index contributed by atoms with van der Waals surface area (Å²) in [4.78, 5) is 16.4. The smallest absolute Gasteiger partial charge is 0.410 e. The molecule has 3 fully saturated rings. The molecular formula is C21H26N4O3. The van der Waals surface area contributed by atoms with Gasteiger partial charge in [-0.2, -0.15) is 0 Å². The predicted octanol–water partition coefficient (Wildman–Crippen LogP) is 3.27. The van der Waals surface area contributed by atoms with E-state index in [-0.39, 0.29) is 17.4 Å². The summed E-state index contributed by atoms with van der Waals surface area (Å²) >= 11 is 0. The van der Waals surface area contributed by atoms with E-state index in [1.165, 1.54) is 24.1 Å². The monoisotopic (exact) mass is 382 g/mol. The number of hydrogen-bond acceptors (Lipinski definition) is 6. The first-order chi connectivity index (χ1) is 13.2. The van der Waals surface area contributed by atoms with Gasteiger partial charge in [-0.15, -0.1) is 10.2 Å². The number of hydrogen-bond donors (Lipinski definition) is 1. The van der Waals surface area contributed by atoms with E-state index in [9.17, 15) is 9.90 Å². The summed E-state index contributed by atoms with van der Waals surface area (Å²) in [5.74, 6) is 0.563. The lowest BCUT2D eigenvalue weighted by Crippen LogP contribution is -2.73. The minimum absolute atomic E-state index is 0.0402. The zero-order valence-corrected chi connectivity index (χ0v) is 16.6. The molecule has 5 rings (SSSR count). The number of anilines is 1. The fourth-order valence-electron chi connectivity index (χ4n) is 4.43. The number of ether oxygens (including phenoxy) is 1. The SMILES string of the molecule is CC(C)(C)OC(=O)N1CC2(C1)CN(c1cc3nnc(O)cc3cc1C1CC1)C2. The number of rotatable bonds is 2. The van der Waals surface area contributed by atoms with Crippen molar-refractivity contribution in [1.29, 1.82) is 0 Å². The van der Waals surface area contributed by atoms with Crippen LogP contribution in [0, 0.1) is 5.41 Å². The van der Waals surface area contributed by atoms with E-state index >= 15 is 0 Å². The van der Waals surface area contributed by atoms with E-state index in [4.69, 9.17) is 4.74 Å². The Morgan fingerprint density at radius 1 is 1.14 bits per heavy atom. The molecule has 7 nitrogen and oxygen atoms in total. The summed E-state index contributed by atoms with van der Waals surface area (Å²) < 4.78 is 5.47. The van der Waals surface area contributed by atoms with Crippen molar-refractivity contribution in [2.75, 3.05) is 31.1 Å². The highest BCUT2D eigenvalue weighted by atomic mass is 16.6. The summed E-state index contributed by atoms with van der Waals surface area (Å²) in [5.41, 5.74) is 3.12. The van der Waals surface area contributed by atoms with Crippen molar-refractivity contribution < 1.29 is 14.6 Å². The second kappa shape index (κ2) is 5.72. The molecule has 1 N–H and O–H groups in total. The van der Waals surface area contributed by atoms with Gasteiger partial charge in [0.15, 0.2) is 0 Å². The number of amides is 1. The minimum Gasteiger partial charge on any atom is -0.492 e. The molecule has 1 aliphatic carbocycles. The third-order valence-electron chi connectivity index (χ3n) is 5.84. The molecule has 3 heterocycles. The van der Waals surface area contributed by atoms with Crippen molar-refractivity contribution in [3.63, 3.8) is 0 Å². The highest BCUT2D eigenvalue weighted by molar-refractivity contribution is 5.85. The van der Waals surface area contributed by atoms with Crippen LogP contribution in [0.1, 0.15) is 45.1 Å². The van der Waals surface area contributed by atoms with Crippen LogP contribution in [0.3, 0.4) is 0 Å². The first-order valence-electron chi connectivity index (χ1n) is 9.95. The van der Waals surface area contributed by atoms with Crippen molar-refractivity contribution in [3.05, 3.63) is 23.8 Å². The number of nitrogens with zero attached hydrogens (tertiary/aromatic N) is 4. The number of aromatic hydroxyl groups is 1. The summed E-state index contributed by atoms with van der Waals surface area (Å²) in [6.45, 7) is 9.11. The highest BCUT2D eigenvalue weighted by Crippen LogP contribution is 2.49. The Morgan fingerprint density at radius 3 is 2.50 bits per heavy atom. The summed E-state index contributed by atoms with van der Waals surface area (Å²) in [6.07, 6.45) is 2.22. The normalized spacial score (nSPS) is 20.8. The molecule has 0 atom stereocenters. The van der Waals surface area contributed by atoms with Crippen molar-refractivity contribution in [3.8, 4) is 5.88 Å². The second-order valence-electron chi connectivity index (χ2n) is 9.64. The van der Waals surface area contributed by atoms with Crippen LogP contribution in [0.5, 0.6) is 5.88 Å². The Bertz CT molecular complexity index is 950. The van der Waals surface area contributed by atoms with Crippen LogP contribution in [0.25, 0.3) is 10.9 Å². The molecule has 7 heteroatoms. The molecule has 2 aromatic rings. The third-order valence-corrected chi connectivity index (χ3v) is 5.84. The molecule has 2 aliphatic heterocycles. The molecule has 1 amide bonds. The maximum absolute atomic E-state index is 12.2. The fourth-order valence-corrected chi connectivity index (χ4v) is 4.43. The van der Waals surface area contributed by atoms with Crippen molar-refractivity contribution >= 4 is 22.7 Å². The summed E-state index contributed by atoms with van der Waals surface area (Å²) in [6, 6.07) is 5.95. The average molecular weight is 382 g/mol. The molecule has 1 aromatic heterocycles. The second-order valence-corrected chi connectivity index (χ2v) is 9.64. The van der Waals surface area contributed by atoms with Gasteiger partial charge in [0.25, 0.3) is 0 Å². The molecule has 0 unspecified atom stereocenters. The molecular weight excluding hydrogens is 356 g/mol. The molecule has 1 spiro atoms. The lowest BCUT2D eigenvalue weighted by Gasteiger charge is -2.60. The lowest BCUT2D eigenvalue weighted by atomic mass is 9.72. The van der Waals surface area contributed by atoms with Gasteiger partial charge in [-0.1, -0.05) is 0 Å². The van der Waals surface area contributed by atoms with Crippen LogP contribution in [-0.2, 0) is 4.74 Å². The predicted molar refractivity (Wildman–Crippen MR) is 106 cm³/mol. The molecule has 28 heavy (non-hydrogen) atoms. The van der Waals surface area contributed by atoms with Gasteiger partial charge in [0, 0.05) is 48.7 Å². The molecule has 1 saturated carbocycles. The van der Waals surface area contributed by atoms with E-state index in [2.05, 4.69) is 27.2 Å². The maximum Gasteiger partial charge on any atom is 0.410 e. The first-order valence-corrected chi connectivity index (χ1v) is 9.95. The molecule has 2 saturated heterocycles. The molecule has 3 aliphatic rings. The first kappa shape index (κ1) is 17.5. The van der Waals surface area contributed by atoms with Gasteiger partial charge < -0.3 is 19.6 Å². The number of fused-ring (bicyclic) bond motifs is 1. The zero-order chi connectivity index (χ0) is 19.7. The van der Waals surface area contributed by atoms with Gasteiger partial charge in [0.05, 0.1) is 5.52 Å². The van der Waals surface area contributed by atoms with Crippen LogP contribution in [0.4, 0.5) is 10.5 Å². The Morgan fingerprint density at radius 2 is 1.86 bits per heavy atom. The number of aromatic nitrogens is 2. The quantitative estimate of drug-likeness (QED) is 0.859. The Hall–Kier alpha value is -2.57. The molecule has 0 bridgehead atoms. The summed E-state index contributed by atoms with van der Waals surface area (Å²) in [5, 5.41) is 18.5. The van der Waals surface area contributed by atoms with Crippen molar-refractivity contribution in [2.24, 2.45) is 5.41 Å². The standard InChI is InChI=1S/C21H26N4O3/c1-20(2,3)28-19(27)25-11-21(12-25)9-24(10-21)17-8-16-14(7-18(26)23-22-16)6-15(17)13-4-5-13/h6-8,13H,4-5,9-12H2,1-3H3,(H,23,26). The number of carbonyl (C=O) groups is 1. The molecule has 1 aromatic carbocycles. The fraction of sp³-hybridized carbons (Fsp3) is 0.571. The van der Waals surface area contributed by atoms with E-state index in [1.807, 2.05) is 20.8 Å². The highest BCUT2D eigenvalue weighted by Gasteiger charge is 2.54. The lowest BCUT2D eigenvalue weighted by molar-refractivity contribution is -0.0453. The van der Waals surface area contributed by atoms with Crippen LogP contribution in [0.2, 0.25) is 0 Å². The van der Waals surface area contributed by atoms with E-state index in [1.54, 1.807) is 11.0 Å². The number of carbonyl (C=O) groups excluding carboxylic acids is 1. The Kier molecular flexibility index (Phi) is 3.58. The van der Waals surface area contributed by atoms with Crippen molar-refractivity contribution in [1.82, 2.24) is 15.1 Å². The minimum atomic E-state index is -0.453. The van der Waals surface area contributed by atoms with Crippen LogP contribution < -0.4 is 4.90 Å². The largest absolute Gasteiger partial charge is 0.492 e. The van der Waals surface area contributed by atoms with Crippen LogP contribution in [-0.4, -0.2) is 58.1 Å². The van der Waals surface area contributed by atoms with Gasteiger partial charge in [0.1, 0.15) is 5.60 Å². The molecule has 148 valence electrons. The van der Waals surface area contributed by atoms with E-state index < -0.39 is 5.60 Å². The molecule has 0 radical (unpaired) electrons.